The van der Waals surface area contributed by atoms with Crippen LogP contribution in [0.5, 0.6) is 0 Å². The number of hydrogen-bond acceptors (Lipinski definition) is 1. The van der Waals surface area contributed by atoms with Gasteiger partial charge in [-0.15, -0.1) is 0 Å². The minimum atomic E-state index is 0.322. The van der Waals surface area contributed by atoms with Crippen LogP contribution < -0.4 is 0 Å². The van der Waals surface area contributed by atoms with E-state index < -0.39 is 0 Å². The van der Waals surface area contributed by atoms with Gasteiger partial charge in [-0.05, 0) is 30.8 Å². The number of nitrogens with zero attached hydrogens (tertiary/aromatic N) is 1. The molecule has 0 rings (SSSR count). The van der Waals surface area contributed by atoms with Gasteiger partial charge in [0.2, 0.25) is 0 Å². The molecule has 1 nitrogen and oxygen atoms in total. The first-order valence-electron chi connectivity index (χ1n) is 5.40. The van der Waals surface area contributed by atoms with Gasteiger partial charge >= 0.3 is 0 Å². The van der Waals surface area contributed by atoms with E-state index in [2.05, 4.69) is 52.6 Å². The summed E-state index contributed by atoms with van der Waals surface area (Å²) in [5.41, 5.74) is 2.95. The van der Waals surface area contributed by atoms with Crippen LogP contribution in [0.25, 0.3) is 0 Å². The fourth-order valence-corrected chi connectivity index (χ4v) is 1.17. The molecule has 0 saturated heterocycles. The molecule has 0 aromatic carbocycles. The van der Waals surface area contributed by atoms with E-state index in [1.54, 1.807) is 0 Å². The Bertz CT molecular complexity index is 226. The Hall–Kier alpha value is -0.590. The highest BCUT2D eigenvalue weighted by molar-refractivity contribution is 5.95. The third kappa shape index (κ3) is 5.95. The summed E-state index contributed by atoms with van der Waals surface area (Å²) in [6.45, 7) is 13.4. The molecule has 0 amide bonds. The molecule has 0 unspecified atom stereocenters. The second kappa shape index (κ2) is 5.33. The monoisotopic (exact) mass is 195 g/mol. The summed E-state index contributed by atoms with van der Waals surface area (Å²) < 4.78 is 0. The molecule has 0 aliphatic carbocycles. The maximum atomic E-state index is 4.34. The van der Waals surface area contributed by atoms with E-state index in [1.165, 1.54) is 11.3 Å². The van der Waals surface area contributed by atoms with Crippen molar-refractivity contribution in [2.75, 3.05) is 7.05 Å². The molecule has 0 spiro atoms. The Morgan fingerprint density at radius 3 is 2.07 bits per heavy atom. The summed E-state index contributed by atoms with van der Waals surface area (Å²) in [6.07, 6.45) is 3.28. The molecular formula is C13H25N. The predicted octanol–water partition coefficient (Wildman–Crippen LogP) is 4.10. The Balaban J connectivity index is 4.55. The predicted molar refractivity (Wildman–Crippen MR) is 66.0 cm³/mol. The zero-order valence-corrected chi connectivity index (χ0v) is 10.8. The van der Waals surface area contributed by atoms with Crippen LogP contribution in [0.3, 0.4) is 0 Å². The topological polar surface area (TPSA) is 12.4 Å². The van der Waals surface area contributed by atoms with Gasteiger partial charge < -0.3 is 0 Å². The van der Waals surface area contributed by atoms with Gasteiger partial charge in [-0.2, -0.15) is 0 Å². The Morgan fingerprint density at radius 1 is 1.29 bits per heavy atom. The van der Waals surface area contributed by atoms with Gasteiger partial charge in [0.05, 0.1) is 0 Å². The Morgan fingerprint density at radius 2 is 1.79 bits per heavy atom. The average Bonchev–Trinajstić information content (AvgIpc) is 2.00. The highest BCUT2D eigenvalue weighted by Crippen LogP contribution is 2.21. The quantitative estimate of drug-likeness (QED) is 0.601. The van der Waals surface area contributed by atoms with Crippen molar-refractivity contribution in [1.82, 2.24) is 0 Å². The zero-order chi connectivity index (χ0) is 11.4. The second-order valence-electron chi connectivity index (χ2n) is 5.50. The van der Waals surface area contributed by atoms with Crippen LogP contribution in [-0.2, 0) is 0 Å². The molecule has 0 heterocycles. The minimum Gasteiger partial charge on any atom is -0.293 e. The summed E-state index contributed by atoms with van der Waals surface area (Å²) in [5, 5.41) is 0. The molecule has 0 radical (unpaired) electrons. The van der Waals surface area contributed by atoms with E-state index in [4.69, 9.17) is 0 Å². The van der Waals surface area contributed by atoms with E-state index in [9.17, 15) is 0 Å². The van der Waals surface area contributed by atoms with Crippen molar-refractivity contribution in [2.45, 2.75) is 48.0 Å². The molecule has 0 saturated carbocycles. The van der Waals surface area contributed by atoms with Crippen molar-refractivity contribution in [3.63, 3.8) is 0 Å². The summed E-state index contributed by atoms with van der Waals surface area (Å²) in [6, 6.07) is 0. The van der Waals surface area contributed by atoms with Crippen LogP contribution in [0.2, 0.25) is 0 Å². The molecule has 0 N–H and O–H groups in total. The largest absolute Gasteiger partial charge is 0.293 e. The maximum Gasteiger partial charge on any atom is 0.0349 e. The van der Waals surface area contributed by atoms with Gasteiger partial charge in [0.25, 0.3) is 0 Å². The fraction of sp³-hybridized carbons (Fsp3) is 0.769. The molecule has 14 heavy (non-hydrogen) atoms. The molecule has 0 bridgehead atoms. The van der Waals surface area contributed by atoms with Gasteiger partial charge in [-0.1, -0.05) is 40.2 Å². The third-order valence-electron chi connectivity index (χ3n) is 2.30. The van der Waals surface area contributed by atoms with E-state index in [1.807, 2.05) is 7.05 Å². The van der Waals surface area contributed by atoms with Gasteiger partial charge in [-0.3, -0.25) is 4.99 Å². The molecule has 1 heteroatoms. The highest BCUT2D eigenvalue weighted by atomic mass is 14.7. The fourth-order valence-electron chi connectivity index (χ4n) is 1.17. The molecule has 0 aromatic rings. The van der Waals surface area contributed by atoms with E-state index in [0.29, 0.717) is 11.3 Å². The van der Waals surface area contributed by atoms with E-state index in [0.717, 1.165) is 6.42 Å². The van der Waals surface area contributed by atoms with Crippen molar-refractivity contribution in [3.8, 4) is 0 Å². The minimum absolute atomic E-state index is 0.322. The molecule has 0 aliphatic heterocycles. The smallest absolute Gasteiger partial charge is 0.0349 e. The van der Waals surface area contributed by atoms with Crippen molar-refractivity contribution in [2.24, 2.45) is 16.3 Å². The van der Waals surface area contributed by atoms with Crippen LogP contribution in [0, 0.1) is 11.3 Å². The van der Waals surface area contributed by atoms with Gasteiger partial charge in [0.15, 0.2) is 0 Å². The lowest BCUT2D eigenvalue weighted by atomic mass is 9.88. The standard InChI is InChI=1S/C13H25N/c1-10(2)11(3)8-12(14-7)9-13(4,5)6/h8,10H,9H2,1-7H3/b11-8+,14-12?. The van der Waals surface area contributed by atoms with Crippen molar-refractivity contribution in [3.05, 3.63) is 11.6 Å². The Kier molecular flexibility index (Phi) is 5.11. The summed E-state index contributed by atoms with van der Waals surface area (Å²) in [5.74, 6) is 0.617. The van der Waals surface area contributed by atoms with Crippen molar-refractivity contribution in [1.29, 1.82) is 0 Å². The molecule has 0 fully saturated rings. The Labute approximate surface area is 89.3 Å². The maximum absolute atomic E-state index is 4.34. The van der Waals surface area contributed by atoms with Crippen LogP contribution in [-0.4, -0.2) is 12.8 Å². The molecule has 0 atom stereocenters. The lowest BCUT2D eigenvalue weighted by Gasteiger charge is -2.18. The first-order valence-corrected chi connectivity index (χ1v) is 5.40. The highest BCUT2D eigenvalue weighted by Gasteiger charge is 2.12. The number of allylic oxidation sites excluding steroid dienone is 2. The SMILES string of the molecule is CN=C(/C=C(\C)C(C)C)CC(C)(C)C. The van der Waals surface area contributed by atoms with Crippen LogP contribution in [0.1, 0.15) is 48.0 Å². The van der Waals surface area contributed by atoms with Crippen LogP contribution >= 0.6 is 0 Å². The zero-order valence-electron chi connectivity index (χ0n) is 10.8. The molecule has 82 valence electrons. The van der Waals surface area contributed by atoms with Crippen molar-refractivity contribution < 1.29 is 0 Å². The van der Waals surface area contributed by atoms with Gasteiger partial charge in [0.1, 0.15) is 0 Å². The molecule has 0 aromatic heterocycles. The van der Waals surface area contributed by atoms with Gasteiger partial charge in [0, 0.05) is 12.8 Å². The normalized spacial score (nSPS) is 15.1. The van der Waals surface area contributed by atoms with Crippen molar-refractivity contribution >= 4 is 5.71 Å². The lowest BCUT2D eigenvalue weighted by molar-refractivity contribution is 0.434. The number of rotatable bonds is 3. The number of hydrogen-bond donors (Lipinski definition) is 0. The summed E-state index contributed by atoms with van der Waals surface area (Å²) >= 11 is 0. The van der Waals surface area contributed by atoms with Gasteiger partial charge in [-0.25, -0.2) is 0 Å². The number of aliphatic imine (C=N–C) groups is 1. The lowest BCUT2D eigenvalue weighted by Crippen LogP contribution is -2.12. The third-order valence-corrected chi connectivity index (χ3v) is 2.30. The van der Waals surface area contributed by atoms with Crippen LogP contribution in [0.4, 0.5) is 0 Å². The molecular weight excluding hydrogens is 170 g/mol. The summed E-state index contributed by atoms with van der Waals surface area (Å²) in [7, 11) is 1.88. The van der Waals surface area contributed by atoms with E-state index >= 15 is 0 Å². The first kappa shape index (κ1) is 13.4. The molecule has 0 aliphatic rings. The average molecular weight is 195 g/mol. The van der Waals surface area contributed by atoms with Crippen LogP contribution in [0.15, 0.2) is 16.6 Å². The second-order valence-corrected chi connectivity index (χ2v) is 5.50. The summed E-state index contributed by atoms with van der Waals surface area (Å²) in [4.78, 5) is 4.34. The van der Waals surface area contributed by atoms with E-state index in [-0.39, 0.29) is 0 Å². The first-order chi connectivity index (χ1) is 6.26.